The van der Waals surface area contributed by atoms with Crippen molar-refractivity contribution in [1.82, 2.24) is 15.6 Å². The van der Waals surface area contributed by atoms with E-state index in [2.05, 4.69) is 15.6 Å². The molecule has 0 aromatic carbocycles. The SMILES string of the molecule is CNCc1ccc(OCC(=O)NC(C)COC)cn1. The van der Waals surface area contributed by atoms with Crippen LogP contribution in [0, 0.1) is 0 Å². The Labute approximate surface area is 113 Å². The molecule has 0 aliphatic rings. The van der Waals surface area contributed by atoms with E-state index in [1.54, 1.807) is 19.4 Å². The largest absolute Gasteiger partial charge is 0.482 e. The van der Waals surface area contributed by atoms with Crippen LogP contribution in [0.1, 0.15) is 12.6 Å². The molecule has 1 aromatic heterocycles. The number of ether oxygens (including phenoxy) is 2. The lowest BCUT2D eigenvalue weighted by Crippen LogP contribution is -2.38. The smallest absolute Gasteiger partial charge is 0.258 e. The van der Waals surface area contributed by atoms with Crippen LogP contribution in [0.3, 0.4) is 0 Å². The maximum Gasteiger partial charge on any atom is 0.258 e. The van der Waals surface area contributed by atoms with Crippen LogP contribution in [-0.2, 0) is 16.1 Å². The van der Waals surface area contributed by atoms with E-state index < -0.39 is 0 Å². The highest BCUT2D eigenvalue weighted by atomic mass is 16.5. The van der Waals surface area contributed by atoms with E-state index in [-0.39, 0.29) is 18.6 Å². The zero-order valence-corrected chi connectivity index (χ0v) is 11.6. The number of aromatic nitrogens is 1. The number of hydrogen-bond donors (Lipinski definition) is 2. The van der Waals surface area contributed by atoms with Crippen LogP contribution in [0.4, 0.5) is 0 Å². The molecule has 2 N–H and O–H groups in total. The number of carbonyl (C=O) groups is 1. The average molecular weight is 267 g/mol. The maximum absolute atomic E-state index is 11.5. The highest BCUT2D eigenvalue weighted by Gasteiger charge is 2.07. The Hall–Kier alpha value is -1.66. The van der Waals surface area contributed by atoms with Crippen molar-refractivity contribution in [2.45, 2.75) is 19.5 Å². The van der Waals surface area contributed by atoms with Gasteiger partial charge in [-0.2, -0.15) is 0 Å². The number of amides is 1. The number of methoxy groups -OCH3 is 1. The quantitative estimate of drug-likeness (QED) is 0.710. The fourth-order valence-electron chi connectivity index (χ4n) is 1.54. The standard InChI is InChI=1S/C13H21N3O3/c1-10(8-18-3)16-13(17)9-19-12-5-4-11(6-14-2)15-7-12/h4-5,7,10,14H,6,8-9H2,1-3H3,(H,16,17). The summed E-state index contributed by atoms with van der Waals surface area (Å²) in [7, 11) is 3.45. The van der Waals surface area contributed by atoms with E-state index in [1.165, 1.54) is 0 Å². The van der Waals surface area contributed by atoms with Gasteiger partial charge in [-0.3, -0.25) is 9.78 Å². The van der Waals surface area contributed by atoms with Gasteiger partial charge in [0.25, 0.3) is 5.91 Å². The summed E-state index contributed by atoms with van der Waals surface area (Å²) >= 11 is 0. The minimum atomic E-state index is -0.177. The van der Waals surface area contributed by atoms with Crippen molar-refractivity contribution < 1.29 is 14.3 Å². The van der Waals surface area contributed by atoms with Gasteiger partial charge in [0, 0.05) is 19.7 Å². The third-order valence-corrected chi connectivity index (χ3v) is 2.35. The van der Waals surface area contributed by atoms with E-state index in [4.69, 9.17) is 9.47 Å². The molecule has 0 spiro atoms. The molecule has 6 heteroatoms. The zero-order chi connectivity index (χ0) is 14.1. The molecule has 1 amide bonds. The molecule has 1 rings (SSSR count). The minimum Gasteiger partial charge on any atom is -0.482 e. The number of rotatable bonds is 8. The molecule has 19 heavy (non-hydrogen) atoms. The Morgan fingerprint density at radius 3 is 2.84 bits per heavy atom. The van der Waals surface area contributed by atoms with Crippen LogP contribution < -0.4 is 15.4 Å². The molecule has 1 aromatic rings. The second-order valence-electron chi connectivity index (χ2n) is 4.23. The van der Waals surface area contributed by atoms with Gasteiger partial charge in [0.2, 0.25) is 0 Å². The van der Waals surface area contributed by atoms with E-state index in [1.807, 2.05) is 20.0 Å². The van der Waals surface area contributed by atoms with Gasteiger partial charge in [-0.25, -0.2) is 0 Å². The summed E-state index contributed by atoms with van der Waals surface area (Å²) in [5.74, 6) is 0.401. The van der Waals surface area contributed by atoms with Gasteiger partial charge in [0.15, 0.2) is 6.61 Å². The van der Waals surface area contributed by atoms with Gasteiger partial charge in [0.1, 0.15) is 5.75 Å². The van der Waals surface area contributed by atoms with Crippen molar-refractivity contribution >= 4 is 5.91 Å². The summed E-state index contributed by atoms with van der Waals surface area (Å²) in [5, 5.41) is 5.77. The molecular formula is C13H21N3O3. The minimum absolute atomic E-state index is 0.0267. The molecule has 0 bridgehead atoms. The van der Waals surface area contributed by atoms with Crippen molar-refractivity contribution in [2.75, 3.05) is 27.4 Å². The molecule has 6 nitrogen and oxygen atoms in total. The molecule has 0 fully saturated rings. The molecule has 0 aliphatic carbocycles. The van der Waals surface area contributed by atoms with E-state index >= 15 is 0 Å². The van der Waals surface area contributed by atoms with E-state index in [0.29, 0.717) is 18.9 Å². The highest BCUT2D eigenvalue weighted by Crippen LogP contribution is 2.08. The highest BCUT2D eigenvalue weighted by molar-refractivity contribution is 5.77. The summed E-state index contributed by atoms with van der Waals surface area (Å²) in [6.07, 6.45) is 1.61. The van der Waals surface area contributed by atoms with Crippen LogP contribution in [0.25, 0.3) is 0 Å². The first-order valence-electron chi connectivity index (χ1n) is 6.16. The molecule has 0 saturated carbocycles. The maximum atomic E-state index is 11.5. The lowest BCUT2D eigenvalue weighted by molar-refractivity contribution is -0.124. The van der Waals surface area contributed by atoms with Crippen LogP contribution >= 0.6 is 0 Å². The van der Waals surface area contributed by atoms with E-state index in [0.717, 1.165) is 5.69 Å². The van der Waals surface area contributed by atoms with Crippen LogP contribution in [0.15, 0.2) is 18.3 Å². The van der Waals surface area contributed by atoms with Gasteiger partial charge in [-0.15, -0.1) is 0 Å². The van der Waals surface area contributed by atoms with Gasteiger partial charge in [-0.05, 0) is 26.1 Å². The second-order valence-corrected chi connectivity index (χ2v) is 4.23. The summed E-state index contributed by atoms with van der Waals surface area (Å²) in [6, 6.07) is 3.63. The van der Waals surface area contributed by atoms with Crippen molar-refractivity contribution in [1.29, 1.82) is 0 Å². The molecule has 1 heterocycles. The monoisotopic (exact) mass is 267 g/mol. The molecule has 0 saturated heterocycles. The Kier molecular flexibility index (Phi) is 6.84. The zero-order valence-electron chi connectivity index (χ0n) is 11.6. The number of pyridine rings is 1. The van der Waals surface area contributed by atoms with Crippen LogP contribution in [0.5, 0.6) is 5.75 Å². The van der Waals surface area contributed by atoms with Gasteiger partial charge in [0.05, 0.1) is 18.5 Å². The predicted molar refractivity (Wildman–Crippen MR) is 72.0 cm³/mol. The van der Waals surface area contributed by atoms with Crippen LogP contribution in [-0.4, -0.2) is 44.3 Å². The molecule has 1 unspecified atom stereocenters. The number of carbonyl (C=O) groups excluding carboxylic acids is 1. The van der Waals surface area contributed by atoms with Crippen molar-refractivity contribution in [3.63, 3.8) is 0 Å². The molecule has 1 atom stereocenters. The summed E-state index contributed by atoms with van der Waals surface area (Å²) in [5.41, 5.74) is 0.924. The fourth-order valence-corrected chi connectivity index (χ4v) is 1.54. The summed E-state index contributed by atoms with van der Waals surface area (Å²) in [6.45, 7) is 3.03. The molecular weight excluding hydrogens is 246 g/mol. The number of nitrogens with one attached hydrogen (secondary N) is 2. The molecule has 106 valence electrons. The topological polar surface area (TPSA) is 72.5 Å². The molecule has 0 radical (unpaired) electrons. The third-order valence-electron chi connectivity index (χ3n) is 2.35. The van der Waals surface area contributed by atoms with Gasteiger partial charge >= 0.3 is 0 Å². The van der Waals surface area contributed by atoms with Crippen LogP contribution in [0.2, 0.25) is 0 Å². The summed E-state index contributed by atoms with van der Waals surface area (Å²) < 4.78 is 10.3. The van der Waals surface area contributed by atoms with Gasteiger partial charge < -0.3 is 20.1 Å². The Morgan fingerprint density at radius 1 is 1.47 bits per heavy atom. The first kappa shape index (κ1) is 15.4. The lowest BCUT2D eigenvalue weighted by atomic mass is 10.3. The Morgan fingerprint density at radius 2 is 2.26 bits per heavy atom. The average Bonchev–Trinajstić information content (AvgIpc) is 2.38. The fraction of sp³-hybridized carbons (Fsp3) is 0.538. The summed E-state index contributed by atoms with van der Waals surface area (Å²) in [4.78, 5) is 15.7. The number of hydrogen-bond acceptors (Lipinski definition) is 5. The van der Waals surface area contributed by atoms with Crippen molar-refractivity contribution in [2.24, 2.45) is 0 Å². The molecule has 0 aliphatic heterocycles. The third kappa shape index (κ3) is 6.17. The first-order chi connectivity index (χ1) is 9.15. The first-order valence-corrected chi connectivity index (χ1v) is 6.16. The van der Waals surface area contributed by atoms with Crippen molar-refractivity contribution in [3.8, 4) is 5.75 Å². The second kappa shape index (κ2) is 8.44. The lowest BCUT2D eigenvalue weighted by Gasteiger charge is -2.13. The Bertz CT molecular complexity index is 381. The Balaban J connectivity index is 2.33. The normalized spacial score (nSPS) is 11.9. The van der Waals surface area contributed by atoms with E-state index in [9.17, 15) is 4.79 Å². The predicted octanol–water partition coefficient (Wildman–Crippen LogP) is 0.331. The van der Waals surface area contributed by atoms with Gasteiger partial charge in [-0.1, -0.05) is 0 Å². The van der Waals surface area contributed by atoms with Crippen molar-refractivity contribution in [3.05, 3.63) is 24.0 Å². The number of nitrogens with zero attached hydrogens (tertiary/aromatic N) is 1.